The van der Waals surface area contributed by atoms with Crippen molar-refractivity contribution >= 4 is 10.0 Å². The van der Waals surface area contributed by atoms with Gasteiger partial charge in [0.1, 0.15) is 0 Å². The van der Waals surface area contributed by atoms with Gasteiger partial charge in [-0.3, -0.25) is 0 Å². The molecule has 0 spiro atoms. The molecule has 0 aromatic heterocycles. The molecule has 2 fully saturated rings. The van der Waals surface area contributed by atoms with E-state index in [1.54, 1.807) is 10.4 Å². The predicted molar refractivity (Wildman–Crippen MR) is 83.5 cm³/mol. The van der Waals surface area contributed by atoms with Crippen molar-refractivity contribution in [1.82, 2.24) is 9.62 Å². The first-order valence-electron chi connectivity index (χ1n) is 7.99. The van der Waals surface area contributed by atoms with Gasteiger partial charge in [-0.05, 0) is 37.3 Å². The Hall–Kier alpha value is -0.910. The number of benzene rings is 1. The van der Waals surface area contributed by atoms with E-state index in [4.69, 9.17) is 0 Å². The summed E-state index contributed by atoms with van der Waals surface area (Å²) in [5.74, 6) is 0. The Morgan fingerprint density at radius 3 is 2.38 bits per heavy atom. The molecule has 4 nitrogen and oxygen atoms in total. The fraction of sp³-hybridized carbons (Fsp3) is 0.625. The van der Waals surface area contributed by atoms with E-state index in [-0.39, 0.29) is 0 Å². The molecule has 1 aliphatic heterocycles. The zero-order valence-electron chi connectivity index (χ0n) is 12.4. The second kappa shape index (κ2) is 6.46. The van der Waals surface area contributed by atoms with Gasteiger partial charge in [-0.25, -0.2) is 8.42 Å². The Bertz CT molecular complexity index is 574. The van der Waals surface area contributed by atoms with Gasteiger partial charge >= 0.3 is 0 Å². The van der Waals surface area contributed by atoms with Gasteiger partial charge in [0.05, 0.1) is 4.90 Å². The quantitative estimate of drug-likeness (QED) is 0.909. The summed E-state index contributed by atoms with van der Waals surface area (Å²) >= 11 is 0. The first-order valence-corrected chi connectivity index (χ1v) is 9.43. The van der Waals surface area contributed by atoms with Gasteiger partial charge in [0, 0.05) is 25.7 Å². The second-order valence-electron chi connectivity index (χ2n) is 6.08. The van der Waals surface area contributed by atoms with Gasteiger partial charge in [0.2, 0.25) is 10.0 Å². The lowest BCUT2D eigenvalue weighted by Crippen LogP contribution is -2.33. The normalized spacial score (nSPS) is 21.1. The molecular weight excluding hydrogens is 284 g/mol. The molecule has 0 atom stereocenters. The van der Waals surface area contributed by atoms with E-state index in [2.05, 4.69) is 5.32 Å². The minimum Gasteiger partial charge on any atom is -0.310 e. The number of hydrogen-bond acceptors (Lipinski definition) is 3. The van der Waals surface area contributed by atoms with Crippen molar-refractivity contribution in [3.8, 4) is 0 Å². The SMILES string of the molecule is O=S(=O)(c1ccccc1CNC1CC1)N1CCCCCC1. The summed E-state index contributed by atoms with van der Waals surface area (Å²) in [5.41, 5.74) is 0.897. The number of nitrogens with zero attached hydrogens (tertiary/aromatic N) is 1. The van der Waals surface area contributed by atoms with Crippen LogP contribution in [0.3, 0.4) is 0 Å². The van der Waals surface area contributed by atoms with Crippen molar-refractivity contribution in [3.05, 3.63) is 29.8 Å². The highest BCUT2D eigenvalue weighted by Gasteiger charge is 2.28. The minimum atomic E-state index is -3.35. The van der Waals surface area contributed by atoms with Crippen molar-refractivity contribution in [2.75, 3.05) is 13.1 Å². The Morgan fingerprint density at radius 1 is 1.05 bits per heavy atom. The molecule has 0 unspecified atom stereocenters. The summed E-state index contributed by atoms with van der Waals surface area (Å²) in [5, 5.41) is 3.42. The van der Waals surface area contributed by atoms with Crippen molar-refractivity contribution < 1.29 is 8.42 Å². The van der Waals surface area contributed by atoms with Crippen molar-refractivity contribution in [2.24, 2.45) is 0 Å². The monoisotopic (exact) mass is 308 g/mol. The molecule has 1 aliphatic carbocycles. The molecule has 1 aromatic carbocycles. The highest BCUT2D eigenvalue weighted by atomic mass is 32.2. The summed E-state index contributed by atoms with van der Waals surface area (Å²) in [7, 11) is -3.35. The predicted octanol–water partition coefficient (Wildman–Crippen LogP) is 2.50. The van der Waals surface area contributed by atoms with Crippen LogP contribution in [0, 0.1) is 0 Å². The highest BCUT2D eigenvalue weighted by molar-refractivity contribution is 7.89. The maximum absolute atomic E-state index is 12.9. The van der Waals surface area contributed by atoms with Crippen molar-refractivity contribution in [1.29, 1.82) is 0 Å². The van der Waals surface area contributed by atoms with Crippen molar-refractivity contribution in [2.45, 2.75) is 56.0 Å². The fourth-order valence-electron chi connectivity index (χ4n) is 2.86. The van der Waals surface area contributed by atoms with Gasteiger partial charge in [-0.15, -0.1) is 0 Å². The molecule has 2 aliphatic rings. The summed E-state index contributed by atoms with van der Waals surface area (Å²) in [6.45, 7) is 1.97. The third-order valence-corrected chi connectivity index (χ3v) is 6.31. The largest absolute Gasteiger partial charge is 0.310 e. The van der Waals surface area contributed by atoms with Crippen LogP contribution in [-0.4, -0.2) is 31.9 Å². The van der Waals surface area contributed by atoms with Gasteiger partial charge < -0.3 is 5.32 Å². The fourth-order valence-corrected chi connectivity index (χ4v) is 4.60. The third kappa shape index (κ3) is 3.65. The molecule has 21 heavy (non-hydrogen) atoms. The van der Waals surface area contributed by atoms with E-state index in [9.17, 15) is 8.42 Å². The van der Waals surface area contributed by atoms with Gasteiger partial charge in [0.25, 0.3) is 0 Å². The van der Waals surface area contributed by atoms with E-state index >= 15 is 0 Å². The van der Waals surface area contributed by atoms with Crippen LogP contribution in [-0.2, 0) is 16.6 Å². The van der Waals surface area contributed by atoms with Gasteiger partial charge in [0.15, 0.2) is 0 Å². The van der Waals surface area contributed by atoms with Crippen molar-refractivity contribution in [3.63, 3.8) is 0 Å². The topological polar surface area (TPSA) is 49.4 Å². The molecule has 116 valence electrons. The second-order valence-corrected chi connectivity index (χ2v) is 7.99. The van der Waals surface area contributed by atoms with Crippen LogP contribution in [0.25, 0.3) is 0 Å². The Labute approximate surface area is 127 Å². The third-order valence-electron chi connectivity index (χ3n) is 4.31. The van der Waals surface area contributed by atoms with Crippen LogP contribution in [0.2, 0.25) is 0 Å². The van der Waals surface area contributed by atoms with Crippen LogP contribution in [0.5, 0.6) is 0 Å². The molecule has 0 radical (unpaired) electrons. The molecule has 1 heterocycles. The van der Waals surface area contributed by atoms with Crippen LogP contribution in [0.15, 0.2) is 29.2 Å². The number of nitrogens with one attached hydrogen (secondary N) is 1. The average Bonchev–Trinajstić information content (AvgIpc) is 3.32. The van der Waals surface area contributed by atoms with E-state index < -0.39 is 10.0 Å². The summed E-state index contributed by atoms with van der Waals surface area (Å²) < 4.78 is 27.5. The Kier molecular flexibility index (Phi) is 4.62. The molecule has 3 rings (SSSR count). The number of rotatable bonds is 5. The maximum atomic E-state index is 12.9. The zero-order valence-corrected chi connectivity index (χ0v) is 13.2. The molecule has 1 N–H and O–H groups in total. The van der Waals surface area contributed by atoms with Gasteiger partial charge in [-0.1, -0.05) is 31.0 Å². The minimum absolute atomic E-state index is 0.486. The zero-order chi connectivity index (χ0) is 14.7. The maximum Gasteiger partial charge on any atom is 0.243 e. The summed E-state index contributed by atoms with van der Waals surface area (Å²) in [6, 6.07) is 8.01. The standard InChI is InChI=1S/C16H24N2O2S/c19-21(20,18-11-5-1-2-6-12-18)16-8-4-3-7-14(16)13-17-15-9-10-15/h3-4,7-8,15,17H,1-2,5-6,9-13H2. The summed E-state index contributed by atoms with van der Waals surface area (Å²) in [6.07, 6.45) is 6.64. The lowest BCUT2D eigenvalue weighted by Gasteiger charge is -2.21. The smallest absolute Gasteiger partial charge is 0.243 e. The lowest BCUT2D eigenvalue weighted by atomic mass is 10.2. The molecule has 1 saturated carbocycles. The van der Waals surface area contributed by atoms with Crippen LogP contribution >= 0.6 is 0 Å². The first-order chi connectivity index (χ1) is 10.2. The Morgan fingerprint density at radius 2 is 1.71 bits per heavy atom. The molecular formula is C16H24N2O2S. The first kappa shape index (κ1) is 15.0. The van der Waals surface area contributed by atoms with E-state index in [1.807, 2.05) is 18.2 Å². The average molecular weight is 308 g/mol. The van der Waals surface area contributed by atoms with Crippen LogP contribution < -0.4 is 5.32 Å². The molecule has 5 heteroatoms. The van der Waals surface area contributed by atoms with Gasteiger partial charge in [-0.2, -0.15) is 4.31 Å². The lowest BCUT2D eigenvalue weighted by molar-refractivity contribution is 0.423. The van der Waals surface area contributed by atoms with Crippen LogP contribution in [0.4, 0.5) is 0 Å². The summed E-state index contributed by atoms with van der Waals surface area (Å²) in [4.78, 5) is 0.486. The van der Waals surface area contributed by atoms with E-state index in [0.29, 0.717) is 30.6 Å². The molecule has 1 aromatic rings. The number of sulfonamides is 1. The number of hydrogen-bond donors (Lipinski definition) is 1. The molecule has 0 amide bonds. The highest BCUT2D eigenvalue weighted by Crippen LogP contribution is 2.25. The Balaban J connectivity index is 1.82. The van der Waals surface area contributed by atoms with E-state index in [0.717, 1.165) is 31.2 Å². The van der Waals surface area contributed by atoms with E-state index in [1.165, 1.54) is 12.8 Å². The molecule has 0 bridgehead atoms. The van der Waals surface area contributed by atoms with Crippen LogP contribution in [0.1, 0.15) is 44.1 Å². The molecule has 1 saturated heterocycles.